The number of methoxy groups -OCH3 is 1. The number of halogens is 1. The first kappa shape index (κ1) is 12.5. The van der Waals surface area contributed by atoms with Crippen molar-refractivity contribution >= 4 is 17.6 Å². The molecule has 0 saturated heterocycles. The number of nitrogen functional groups attached to an aromatic ring is 1. The maximum absolute atomic E-state index is 13.1. The highest BCUT2D eigenvalue weighted by molar-refractivity contribution is 5.96. The SMILES string of the molecule is COC(=O)C#Cc1cc(F)cc(C(=O)O)c1N. The molecule has 0 aliphatic heterocycles. The molecule has 5 nitrogen and oxygen atoms in total. The standard InChI is InChI=1S/C11H8FNO4/c1-17-9(14)3-2-6-4-7(12)5-8(10(6)13)11(15)16/h4-5H,13H2,1H3,(H,15,16). The van der Waals surface area contributed by atoms with Crippen LogP contribution in [-0.2, 0) is 9.53 Å². The number of hydrogen-bond donors (Lipinski definition) is 2. The molecule has 0 atom stereocenters. The lowest BCUT2D eigenvalue weighted by molar-refractivity contribution is -0.133. The van der Waals surface area contributed by atoms with Crippen molar-refractivity contribution in [1.82, 2.24) is 0 Å². The van der Waals surface area contributed by atoms with E-state index in [9.17, 15) is 14.0 Å². The van der Waals surface area contributed by atoms with E-state index in [1.807, 2.05) is 5.92 Å². The zero-order valence-electron chi connectivity index (χ0n) is 8.78. The molecule has 88 valence electrons. The zero-order chi connectivity index (χ0) is 13.0. The van der Waals surface area contributed by atoms with Gasteiger partial charge in [-0.1, -0.05) is 5.92 Å². The van der Waals surface area contributed by atoms with Gasteiger partial charge in [0, 0.05) is 5.92 Å². The number of hydrogen-bond acceptors (Lipinski definition) is 4. The van der Waals surface area contributed by atoms with E-state index in [2.05, 4.69) is 10.7 Å². The smallest absolute Gasteiger partial charge is 0.384 e. The van der Waals surface area contributed by atoms with E-state index in [0.29, 0.717) is 0 Å². The molecule has 0 aliphatic rings. The van der Waals surface area contributed by atoms with Crippen LogP contribution in [0, 0.1) is 17.7 Å². The van der Waals surface area contributed by atoms with Crippen molar-refractivity contribution in [2.24, 2.45) is 0 Å². The molecule has 1 rings (SSSR count). The third-order valence-electron chi connectivity index (χ3n) is 1.86. The fourth-order valence-corrected chi connectivity index (χ4v) is 1.07. The number of ether oxygens (including phenoxy) is 1. The van der Waals surface area contributed by atoms with E-state index in [1.165, 1.54) is 0 Å². The number of rotatable bonds is 1. The van der Waals surface area contributed by atoms with Crippen molar-refractivity contribution in [3.8, 4) is 11.8 Å². The van der Waals surface area contributed by atoms with E-state index in [0.717, 1.165) is 19.2 Å². The highest BCUT2D eigenvalue weighted by atomic mass is 19.1. The second-order valence-electron chi connectivity index (χ2n) is 2.96. The number of aromatic carboxylic acids is 1. The van der Waals surface area contributed by atoms with Crippen molar-refractivity contribution in [3.05, 3.63) is 29.1 Å². The number of carbonyl (C=O) groups is 2. The van der Waals surface area contributed by atoms with Gasteiger partial charge >= 0.3 is 11.9 Å². The molecular formula is C11H8FNO4. The molecule has 0 aliphatic carbocycles. The van der Waals surface area contributed by atoms with Gasteiger partial charge in [-0.25, -0.2) is 14.0 Å². The van der Waals surface area contributed by atoms with Crippen LogP contribution in [0.1, 0.15) is 15.9 Å². The third-order valence-corrected chi connectivity index (χ3v) is 1.86. The van der Waals surface area contributed by atoms with Crippen LogP contribution in [0.4, 0.5) is 10.1 Å². The van der Waals surface area contributed by atoms with Gasteiger partial charge < -0.3 is 15.6 Å². The van der Waals surface area contributed by atoms with Crippen molar-refractivity contribution < 1.29 is 23.8 Å². The molecule has 17 heavy (non-hydrogen) atoms. The first-order valence-electron chi connectivity index (χ1n) is 4.38. The summed E-state index contributed by atoms with van der Waals surface area (Å²) >= 11 is 0. The van der Waals surface area contributed by atoms with Gasteiger partial charge in [0.2, 0.25) is 0 Å². The molecule has 0 unspecified atom stereocenters. The lowest BCUT2D eigenvalue weighted by Gasteiger charge is -2.03. The van der Waals surface area contributed by atoms with Gasteiger partial charge in [0.05, 0.1) is 23.9 Å². The average molecular weight is 237 g/mol. The molecular weight excluding hydrogens is 229 g/mol. The summed E-state index contributed by atoms with van der Waals surface area (Å²) in [6, 6.07) is 1.72. The van der Waals surface area contributed by atoms with Crippen LogP contribution in [0.3, 0.4) is 0 Å². The Kier molecular flexibility index (Phi) is 3.67. The average Bonchev–Trinajstić information content (AvgIpc) is 2.28. The molecule has 0 saturated carbocycles. The molecule has 0 radical (unpaired) electrons. The molecule has 1 aromatic rings. The summed E-state index contributed by atoms with van der Waals surface area (Å²) in [6.45, 7) is 0. The van der Waals surface area contributed by atoms with Crippen LogP contribution in [0.2, 0.25) is 0 Å². The Labute approximate surface area is 96.0 Å². The number of esters is 1. The topological polar surface area (TPSA) is 89.6 Å². The minimum absolute atomic E-state index is 0.0761. The predicted octanol–water partition coefficient (Wildman–Crippen LogP) is 0.631. The Morgan fingerprint density at radius 2 is 2.12 bits per heavy atom. The number of carboxylic acids is 1. The van der Waals surface area contributed by atoms with Gasteiger partial charge in [-0.3, -0.25) is 0 Å². The third kappa shape index (κ3) is 2.95. The van der Waals surface area contributed by atoms with Crippen molar-refractivity contribution in [3.63, 3.8) is 0 Å². The van der Waals surface area contributed by atoms with Gasteiger partial charge in [0.15, 0.2) is 0 Å². The van der Waals surface area contributed by atoms with Crippen molar-refractivity contribution in [2.75, 3.05) is 12.8 Å². The van der Waals surface area contributed by atoms with Crippen LogP contribution < -0.4 is 5.73 Å². The predicted molar refractivity (Wildman–Crippen MR) is 56.7 cm³/mol. The van der Waals surface area contributed by atoms with Crippen LogP contribution in [-0.4, -0.2) is 24.2 Å². The summed E-state index contributed by atoms with van der Waals surface area (Å²) in [5.74, 6) is 1.28. The minimum Gasteiger partial charge on any atom is -0.478 e. The Bertz CT molecular complexity index is 542. The quantitative estimate of drug-likeness (QED) is 0.425. The first-order valence-corrected chi connectivity index (χ1v) is 4.38. The van der Waals surface area contributed by atoms with Gasteiger partial charge in [-0.05, 0) is 12.1 Å². The van der Waals surface area contributed by atoms with Crippen molar-refractivity contribution in [2.45, 2.75) is 0 Å². The summed E-state index contributed by atoms with van der Waals surface area (Å²) in [4.78, 5) is 21.5. The number of nitrogens with two attached hydrogens (primary N) is 1. The van der Waals surface area contributed by atoms with E-state index < -0.39 is 23.3 Å². The van der Waals surface area contributed by atoms with E-state index in [-0.39, 0.29) is 11.3 Å². The lowest BCUT2D eigenvalue weighted by atomic mass is 10.1. The summed E-state index contributed by atoms with van der Waals surface area (Å²) < 4.78 is 17.3. The van der Waals surface area contributed by atoms with Crippen LogP contribution in [0.25, 0.3) is 0 Å². The van der Waals surface area contributed by atoms with Crippen LogP contribution in [0.5, 0.6) is 0 Å². The molecule has 3 N–H and O–H groups in total. The van der Waals surface area contributed by atoms with Gasteiger partial charge in [0.1, 0.15) is 5.82 Å². The van der Waals surface area contributed by atoms with Crippen LogP contribution >= 0.6 is 0 Å². The lowest BCUT2D eigenvalue weighted by Crippen LogP contribution is -2.05. The van der Waals surface area contributed by atoms with E-state index >= 15 is 0 Å². The van der Waals surface area contributed by atoms with Crippen molar-refractivity contribution in [1.29, 1.82) is 0 Å². The van der Waals surface area contributed by atoms with Gasteiger partial charge in [-0.15, -0.1) is 0 Å². The minimum atomic E-state index is -1.37. The van der Waals surface area contributed by atoms with Crippen LogP contribution in [0.15, 0.2) is 12.1 Å². The molecule has 0 aromatic heterocycles. The molecule has 0 fully saturated rings. The second kappa shape index (κ2) is 4.99. The number of benzene rings is 1. The first-order chi connectivity index (χ1) is 7.95. The van der Waals surface area contributed by atoms with E-state index in [1.54, 1.807) is 0 Å². The Morgan fingerprint density at radius 3 is 2.65 bits per heavy atom. The van der Waals surface area contributed by atoms with E-state index in [4.69, 9.17) is 10.8 Å². The summed E-state index contributed by atoms with van der Waals surface area (Å²) in [6.07, 6.45) is 0. The molecule has 1 aromatic carbocycles. The zero-order valence-corrected chi connectivity index (χ0v) is 8.78. The molecule has 0 heterocycles. The summed E-state index contributed by atoms with van der Waals surface area (Å²) in [7, 11) is 1.13. The fourth-order valence-electron chi connectivity index (χ4n) is 1.07. The molecule has 0 bridgehead atoms. The molecule has 0 amide bonds. The highest BCUT2D eigenvalue weighted by Gasteiger charge is 2.13. The van der Waals surface area contributed by atoms with Gasteiger partial charge in [0.25, 0.3) is 0 Å². The number of anilines is 1. The molecule has 6 heteroatoms. The maximum atomic E-state index is 13.1. The fraction of sp³-hybridized carbons (Fsp3) is 0.0909. The maximum Gasteiger partial charge on any atom is 0.384 e. The Morgan fingerprint density at radius 1 is 1.47 bits per heavy atom. The van der Waals surface area contributed by atoms with Gasteiger partial charge in [-0.2, -0.15) is 0 Å². The molecule has 0 spiro atoms. The Hall–Kier alpha value is -2.55. The Balaban J connectivity index is 3.28. The second-order valence-corrected chi connectivity index (χ2v) is 2.96. The largest absolute Gasteiger partial charge is 0.478 e. The highest BCUT2D eigenvalue weighted by Crippen LogP contribution is 2.18. The number of carbonyl (C=O) groups excluding carboxylic acids is 1. The monoisotopic (exact) mass is 237 g/mol. The number of carboxylic acid groups (broad SMARTS) is 1. The summed E-state index contributed by atoms with van der Waals surface area (Å²) in [5, 5.41) is 8.75. The summed E-state index contributed by atoms with van der Waals surface area (Å²) in [5.41, 5.74) is 4.80. The normalized spacial score (nSPS) is 9.06.